The van der Waals surface area contributed by atoms with Gasteiger partial charge >= 0.3 is 0 Å². The highest BCUT2D eigenvalue weighted by atomic mass is 35.5. The van der Waals surface area contributed by atoms with Gasteiger partial charge in [-0.25, -0.2) is 8.78 Å². The van der Waals surface area contributed by atoms with E-state index in [-0.39, 0.29) is 5.38 Å². The maximum Gasteiger partial charge on any atom is 0.129 e. The molecule has 0 radical (unpaired) electrons. The maximum absolute atomic E-state index is 13.7. The largest absolute Gasteiger partial charge is 0.207 e. The van der Waals surface area contributed by atoms with E-state index < -0.39 is 11.6 Å². The molecule has 2 fully saturated rings. The molecule has 3 rings (SSSR count). The fourth-order valence-electron chi connectivity index (χ4n) is 4.30. The van der Waals surface area contributed by atoms with Gasteiger partial charge in [-0.15, -0.1) is 11.6 Å². The Kier molecular flexibility index (Phi) is 4.83. The lowest BCUT2D eigenvalue weighted by Gasteiger charge is -2.40. The van der Waals surface area contributed by atoms with E-state index in [2.05, 4.69) is 0 Å². The van der Waals surface area contributed by atoms with E-state index >= 15 is 0 Å². The van der Waals surface area contributed by atoms with Gasteiger partial charge in [0.25, 0.3) is 0 Å². The highest BCUT2D eigenvalue weighted by molar-refractivity contribution is 6.20. The van der Waals surface area contributed by atoms with Gasteiger partial charge < -0.3 is 0 Å². The van der Waals surface area contributed by atoms with E-state index in [1.807, 2.05) is 0 Å². The molecule has 4 unspecified atom stereocenters. The summed E-state index contributed by atoms with van der Waals surface area (Å²) in [6, 6.07) is 3.81. The highest BCUT2D eigenvalue weighted by Crippen LogP contribution is 2.44. The Morgan fingerprint density at radius 1 is 1.05 bits per heavy atom. The molecule has 1 aromatic carbocycles. The molecule has 0 saturated heterocycles. The molecule has 116 valence electrons. The first-order valence-corrected chi connectivity index (χ1v) is 8.65. The second-order valence-corrected chi connectivity index (χ2v) is 7.39. The van der Waals surface area contributed by atoms with Gasteiger partial charge in [-0.1, -0.05) is 31.7 Å². The summed E-state index contributed by atoms with van der Waals surface area (Å²) in [6.45, 7) is 0. The minimum absolute atomic E-state index is 0.0344. The summed E-state index contributed by atoms with van der Waals surface area (Å²) in [7, 11) is 0. The zero-order valence-corrected chi connectivity index (χ0v) is 13.1. The summed E-state index contributed by atoms with van der Waals surface area (Å²) in [4.78, 5) is 0. The van der Waals surface area contributed by atoms with Crippen molar-refractivity contribution in [2.45, 2.75) is 56.7 Å². The van der Waals surface area contributed by atoms with Crippen LogP contribution in [-0.2, 0) is 6.42 Å². The minimum atomic E-state index is -0.523. The van der Waals surface area contributed by atoms with E-state index in [9.17, 15) is 8.78 Å². The van der Waals surface area contributed by atoms with Gasteiger partial charge in [0.1, 0.15) is 11.6 Å². The van der Waals surface area contributed by atoms with Gasteiger partial charge in [0, 0.05) is 11.4 Å². The monoisotopic (exact) mass is 312 g/mol. The van der Waals surface area contributed by atoms with Crippen molar-refractivity contribution < 1.29 is 8.78 Å². The lowest BCUT2D eigenvalue weighted by atomic mass is 9.66. The molecule has 0 spiro atoms. The molecule has 0 nitrogen and oxygen atoms in total. The summed E-state index contributed by atoms with van der Waals surface area (Å²) >= 11 is 6.58. The predicted molar refractivity (Wildman–Crippen MR) is 82.5 cm³/mol. The molecule has 3 heteroatoms. The van der Waals surface area contributed by atoms with E-state index in [0.29, 0.717) is 17.9 Å². The summed E-state index contributed by atoms with van der Waals surface area (Å²) in [5.74, 6) is 1.23. The fraction of sp³-hybridized carbons (Fsp3) is 0.667. The average Bonchev–Trinajstić information content (AvgIpc) is 2.49. The van der Waals surface area contributed by atoms with E-state index in [0.717, 1.165) is 24.3 Å². The van der Waals surface area contributed by atoms with Crippen LogP contribution in [0.5, 0.6) is 0 Å². The molecule has 1 aromatic rings. The van der Waals surface area contributed by atoms with Crippen LogP contribution < -0.4 is 0 Å². The molecule has 0 aliphatic heterocycles. The van der Waals surface area contributed by atoms with Crippen molar-refractivity contribution in [2.75, 3.05) is 0 Å². The van der Waals surface area contributed by atoms with Gasteiger partial charge in [0.15, 0.2) is 0 Å². The number of benzene rings is 1. The van der Waals surface area contributed by atoms with Crippen LogP contribution in [0.4, 0.5) is 8.78 Å². The molecule has 0 aromatic heterocycles. The Morgan fingerprint density at radius 2 is 1.81 bits per heavy atom. The number of fused-ring (bicyclic) bond motifs is 1. The van der Waals surface area contributed by atoms with Crippen LogP contribution in [0.1, 0.15) is 50.5 Å². The van der Waals surface area contributed by atoms with Gasteiger partial charge in [0.2, 0.25) is 0 Å². The first-order chi connectivity index (χ1) is 10.1. The topological polar surface area (TPSA) is 0 Å². The molecule has 0 amide bonds. The third-order valence-electron chi connectivity index (χ3n) is 5.52. The van der Waals surface area contributed by atoms with Crippen molar-refractivity contribution in [3.63, 3.8) is 0 Å². The second-order valence-electron chi connectivity index (χ2n) is 6.83. The van der Waals surface area contributed by atoms with Gasteiger partial charge in [-0.3, -0.25) is 0 Å². The Bertz CT molecular complexity index is 488. The normalized spacial score (nSPS) is 30.7. The van der Waals surface area contributed by atoms with Crippen molar-refractivity contribution in [3.8, 4) is 0 Å². The molecule has 21 heavy (non-hydrogen) atoms. The summed E-state index contributed by atoms with van der Waals surface area (Å²) in [5.41, 5.74) is 0.544. The lowest BCUT2D eigenvalue weighted by molar-refractivity contribution is 0.127. The number of alkyl halides is 1. The lowest BCUT2D eigenvalue weighted by Crippen LogP contribution is -2.32. The van der Waals surface area contributed by atoms with E-state index in [4.69, 9.17) is 11.6 Å². The van der Waals surface area contributed by atoms with E-state index in [1.165, 1.54) is 50.7 Å². The van der Waals surface area contributed by atoms with Crippen molar-refractivity contribution in [2.24, 2.45) is 17.8 Å². The van der Waals surface area contributed by atoms with Crippen LogP contribution in [0.25, 0.3) is 0 Å². The predicted octanol–water partition coefficient (Wildman–Crippen LogP) is 5.72. The molecule has 2 aliphatic rings. The van der Waals surface area contributed by atoms with Gasteiger partial charge in [-0.2, -0.15) is 0 Å². The second kappa shape index (κ2) is 6.64. The van der Waals surface area contributed by atoms with Crippen molar-refractivity contribution in [1.82, 2.24) is 0 Å². The standard InChI is InChI=1S/C18H23ClF2/c19-17(10-15-7-8-16(20)11-18(15)21)14-6-5-12-3-1-2-4-13(12)9-14/h7-8,11-14,17H,1-6,9-10H2. The van der Waals surface area contributed by atoms with Crippen molar-refractivity contribution in [1.29, 1.82) is 0 Å². The summed E-state index contributed by atoms with van der Waals surface area (Å²) < 4.78 is 26.7. The molecule has 0 N–H and O–H groups in total. The minimum Gasteiger partial charge on any atom is -0.207 e. The third-order valence-corrected chi connectivity index (χ3v) is 6.03. The Hall–Kier alpha value is -0.630. The molecule has 4 atom stereocenters. The third kappa shape index (κ3) is 3.59. The fourth-order valence-corrected chi connectivity index (χ4v) is 4.70. The summed E-state index contributed by atoms with van der Waals surface area (Å²) in [6.07, 6.45) is 9.62. The van der Waals surface area contributed by atoms with Crippen LogP contribution in [0.3, 0.4) is 0 Å². The number of hydrogen-bond donors (Lipinski definition) is 0. The van der Waals surface area contributed by atoms with Crippen LogP contribution in [0, 0.1) is 29.4 Å². The Balaban J connectivity index is 1.61. The highest BCUT2D eigenvalue weighted by Gasteiger charge is 2.34. The SMILES string of the molecule is Fc1ccc(CC(Cl)C2CCC3CCCCC3C2)c(F)c1. The van der Waals surface area contributed by atoms with Crippen LogP contribution in [0.2, 0.25) is 0 Å². The smallest absolute Gasteiger partial charge is 0.129 e. The zero-order chi connectivity index (χ0) is 14.8. The zero-order valence-electron chi connectivity index (χ0n) is 12.3. The van der Waals surface area contributed by atoms with E-state index in [1.54, 1.807) is 0 Å². The molecule has 0 bridgehead atoms. The van der Waals surface area contributed by atoms with Crippen molar-refractivity contribution in [3.05, 3.63) is 35.4 Å². The number of rotatable bonds is 3. The maximum atomic E-state index is 13.7. The first kappa shape index (κ1) is 15.3. The molecular weight excluding hydrogens is 290 g/mol. The molecular formula is C18H23ClF2. The summed E-state index contributed by atoms with van der Waals surface area (Å²) in [5, 5.41) is -0.0344. The number of hydrogen-bond acceptors (Lipinski definition) is 0. The van der Waals surface area contributed by atoms with Crippen LogP contribution in [0.15, 0.2) is 18.2 Å². The molecule has 0 heterocycles. The molecule has 2 saturated carbocycles. The van der Waals surface area contributed by atoms with Crippen LogP contribution in [-0.4, -0.2) is 5.38 Å². The number of halogens is 3. The quantitative estimate of drug-likeness (QED) is 0.626. The van der Waals surface area contributed by atoms with Crippen molar-refractivity contribution >= 4 is 11.6 Å². The first-order valence-electron chi connectivity index (χ1n) is 8.21. The average molecular weight is 313 g/mol. The Labute approximate surface area is 130 Å². The molecule has 2 aliphatic carbocycles. The Morgan fingerprint density at radius 3 is 2.57 bits per heavy atom. The van der Waals surface area contributed by atoms with Gasteiger partial charge in [0.05, 0.1) is 0 Å². The van der Waals surface area contributed by atoms with Gasteiger partial charge in [-0.05, 0) is 55.1 Å². The van der Waals surface area contributed by atoms with Crippen LogP contribution >= 0.6 is 11.6 Å².